The molecule has 1 N–H and O–H groups in total. The van der Waals surface area contributed by atoms with E-state index in [2.05, 4.69) is 5.32 Å². The number of hydrogen-bond acceptors (Lipinski definition) is 4. The highest BCUT2D eigenvalue weighted by atomic mass is 19.2. The molecule has 0 spiro atoms. The monoisotopic (exact) mass is 373 g/mol. The van der Waals surface area contributed by atoms with Gasteiger partial charge >= 0.3 is 5.97 Å². The third-order valence-electron chi connectivity index (χ3n) is 4.01. The van der Waals surface area contributed by atoms with Crippen LogP contribution in [0.4, 0.5) is 14.5 Å². The van der Waals surface area contributed by atoms with Gasteiger partial charge in [0.2, 0.25) is 0 Å². The number of furan rings is 1. The second kappa shape index (κ2) is 7.57. The van der Waals surface area contributed by atoms with Gasteiger partial charge < -0.3 is 14.5 Å². The smallest absolute Gasteiger partial charge is 0.311 e. The third-order valence-corrected chi connectivity index (χ3v) is 4.01. The summed E-state index contributed by atoms with van der Waals surface area (Å²) in [5, 5.41) is 3.17. The topological polar surface area (TPSA) is 68.5 Å². The molecule has 140 valence electrons. The van der Waals surface area contributed by atoms with Crippen molar-refractivity contribution in [1.29, 1.82) is 0 Å². The predicted molar refractivity (Wildman–Crippen MR) is 95.2 cm³/mol. The van der Waals surface area contributed by atoms with E-state index in [4.69, 9.17) is 9.15 Å². The standard InChI is InChI=1S/C20H17F2NO4/c1-11-3-5-15-13(10-26-18(15)7-11)8-19(24)27-12(2)20(25)23-14-4-6-16(21)17(22)9-14/h3-7,9-10,12H,8H2,1-2H3,(H,23,25)/t12-/m0/s1. The molecule has 1 heterocycles. The van der Waals surface area contributed by atoms with Crippen LogP contribution in [0.5, 0.6) is 0 Å². The second-order valence-electron chi connectivity index (χ2n) is 6.19. The van der Waals surface area contributed by atoms with E-state index in [0.29, 0.717) is 11.1 Å². The number of carbonyl (C=O) groups excluding carboxylic acids is 2. The molecule has 0 aliphatic carbocycles. The van der Waals surface area contributed by atoms with Gasteiger partial charge in [-0.1, -0.05) is 12.1 Å². The van der Waals surface area contributed by atoms with Gasteiger partial charge in [-0.25, -0.2) is 8.78 Å². The van der Waals surface area contributed by atoms with E-state index in [1.54, 1.807) is 0 Å². The summed E-state index contributed by atoms with van der Waals surface area (Å²) >= 11 is 0. The van der Waals surface area contributed by atoms with Crippen molar-refractivity contribution in [3.8, 4) is 0 Å². The molecule has 2 aromatic carbocycles. The molecule has 1 aromatic heterocycles. The maximum absolute atomic E-state index is 13.2. The zero-order valence-electron chi connectivity index (χ0n) is 14.7. The molecule has 0 saturated carbocycles. The maximum Gasteiger partial charge on any atom is 0.311 e. The fourth-order valence-corrected chi connectivity index (χ4v) is 2.59. The largest absolute Gasteiger partial charge is 0.464 e. The van der Waals surface area contributed by atoms with Crippen LogP contribution in [0.1, 0.15) is 18.1 Å². The molecule has 1 atom stereocenters. The summed E-state index contributed by atoms with van der Waals surface area (Å²) in [6, 6.07) is 8.59. The molecule has 0 bridgehead atoms. The van der Waals surface area contributed by atoms with Gasteiger partial charge in [-0.2, -0.15) is 0 Å². The van der Waals surface area contributed by atoms with Crippen LogP contribution in [0.2, 0.25) is 0 Å². The van der Waals surface area contributed by atoms with Crippen LogP contribution in [-0.4, -0.2) is 18.0 Å². The number of hydrogen-bond donors (Lipinski definition) is 1. The van der Waals surface area contributed by atoms with Gasteiger partial charge in [0.05, 0.1) is 12.7 Å². The molecule has 7 heteroatoms. The molecular weight excluding hydrogens is 356 g/mol. The lowest BCUT2D eigenvalue weighted by atomic mass is 10.1. The summed E-state index contributed by atoms with van der Waals surface area (Å²) in [4.78, 5) is 24.2. The SMILES string of the molecule is Cc1ccc2c(CC(=O)O[C@@H](C)C(=O)Nc3ccc(F)c(F)c3)coc2c1. The molecule has 5 nitrogen and oxygen atoms in total. The molecule has 3 aromatic rings. The molecular formula is C20H17F2NO4. The Morgan fingerprint density at radius 2 is 1.93 bits per heavy atom. The Morgan fingerprint density at radius 3 is 2.67 bits per heavy atom. The van der Waals surface area contributed by atoms with E-state index in [1.165, 1.54) is 19.3 Å². The zero-order chi connectivity index (χ0) is 19.6. The van der Waals surface area contributed by atoms with Gasteiger partial charge in [0.1, 0.15) is 5.58 Å². The summed E-state index contributed by atoms with van der Waals surface area (Å²) in [7, 11) is 0. The lowest BCUT2D eigenvalue weighted by molar-refractivity contribution is -0.152. The molecule has 1 amide bonds. The van der Waals surface area contributed by atoms with Crippen molar-refractivity contribution in [1.82, 2.24) is 0 Å². The Hall–Kier alpha value is -3.22. The quantitative estimate of drug-likeness (QED) is 0.683. The molecule has 27 heavy (non-hydrogen) atoms. The number of ether oxygens (including phenoxy) is 1. The molecule has 0 unspecified atom stereocenters. The van der Waals surface area contributed by atoms with E-state index in [1.807, 2.05) is 25.1 Å². The normalized spacial score (nSPS) is 12.0. The highest BCUT2D eigenvalue weighted by molar-refractivity contribution is 5.95. The lowest BCUT2D eigenvalue weighted by Crippen LogP contribution is -2.30. The number of anilines is 1. The summed E-state index contributed by atoms with van der Waals surface area (Å²) in [6.07, 6.45) is 0.321. The van der Waals surface area contributed by atoms with Crippen LogP contribution >= 0.6 is 0 Å². The van der Waals surface area contributed by atoms with E-state index >= 15 is 0 Å². The number of benzene rings is 2. The summed E-state index contributed by atoms with van der Waals surface area (Å²) in [6.45, 7) is 3.33. The van der Waals surface area contributed by atoms with E-state index in [0.717, 1.165) is 23.1 Å². The number of halogens is 2. The summed E-state index contributed by atoms with van der Waals surface area (Å²) in [5.74, 6) is -3.36. The van der Waals surface area contributed by atoms with Crippen molar-refractivity contribution in [3.63, 3.8) is 0 Å². The van der Waals surface area contributed by atoms with Crippen molar-refractivity contribution >= 4 is 28.5 Å². The number of aryl methyl sites for hydroxylation is 1. The van der Waals surface area contributed by atoms with Crippen molar-refractivity contribution < 1.29 is 27.5 Å². The van der Waals surface area contributed by atoms with E-state index in [9.17, 15) is 18.4 Å². The van der Waals surface area contributed by atoms with Crippen molar-refractivity contribution in [2.75, 3.05) is 5.32 Å². The lowest BCUT2D eigenvalue weighted by Gasteiger charge is -2.13. The number of esters is 1. The summed E-state index contributed by atoms with van der Waals surface area (Å²) in [5.41, 5.74) is 2.43. The number of carbonyl (C=O) groups is 2. The van der Waals surface area contributed by atoms with Crippen molar-refractivity contribution in [3.05, 3.63) is 65.4 Å². The van der Waals surface area contributed by atoms with Crippen molar-refractivity contribution in [2.45, 2.75) is 26.4 Å². The van der Waals surface area contributed by atoms with Crippen LogP contribution in [0.15, 0.2) is 47.1 Å². The number of amides is 1. The van der Waals surface area contributed by atoms with Crippen molar-refractivity contribution in [2.24, 2.45) is 0 Å². The van der Waals surface area contributed by atoms with Crippen LogP contribution in [0, 0.1) is 18.6 Å². The fourth-order valence-electron chi connectivity index (χ4n) is 2.59. The fraction of sp³-hybridized carbons (Fsp3) is 0.200. The Balaban J connectivity index is 1.60. The molecule has 0 saturated heterocycles. The molecule has 0 aliphatic rings. The number of rotatable bonds is 5. The van der Waals surface area contributed by atoms with E-state index in [-0.39, 0.29) is 12.1 Å². The van der Waals surface area contributed by atoms with Crippen LogP contribution in [0.3, 0.4) is 0 Å². The third kappa shape index (κ3) is 4.31. The molecule has 0 radical (unpaired) electrons. The van der Waals surface area contributed by atoms with Gasteiger partial charge in [0.15, 0.2) is 17.7 Å². The molecule has 0 aliphatic heterocycles. The maximum atomic E-state index is 13.2. The highest BCUT2D eigenvalue weighted by Crippen LogP contribution is 2.23. The van der Waals surface area contributed by atoms with Crippen LogP contribution in [-0.2, 0) is 20.7 Å². The first-order chi connectivity index (χ1) is 12.8. The Morgan fingerprint density at radius 1 is 1.15 bits per heavy atom. The Kier molecular flexibility index (Phi) is 5.21. The average molecular weight is 373 g/mol. The van der Waals surface area contributed by atoms with Gasteiger partial charge in [0.25, 0.3) is 5.91 Å². The van der Waals surface area contributed by atoms with Gasteiger partial charge in [0, 0.05) is 22.7 Å². The second-order valence-corrected chi connectivity index (χ2v) is 6.19. The summed E-state index contributed by atoms with van der Waals surface area (Å²) < 4.78 is 36.7. The minimum absolute atomic E-state index is 0.0567. The minimum Gasteiger partial charge on any atom is -0.464 e. The first-order valence-corrected chi connectivity index (χ1v) is 8.25. The van der Waals surface area contributed by atoms with Gasteiger partial charge in [-0.05, 0) is 37.6 Å². The number of nitrogens with one attached hydrogen (secondary N) is 1. The first-order valence-electron chi connectivity index (χ1n) is 8.25. The predicted octanol–water partition coefficient (Wildman–Crippen LogP) is 4.13. The van der Waals surface area contributed by atoms with Crippen LogP contribution in [0.25, 0.3) is 11.0 Å². The van der Waals surface area contributed by atoms with E-state index < -0.39 is 29.6 Å². The van der Waals surface area contributed by atoms with Crippen LogP contribution < -0.4 is 5.32 Å². The Bertz CT molecular complexity index is 1010. The zero-order valence-corrected chi connectivity index (χ0v) is 14.7. The van der Waals surface area contributed by atoms with Gasteiger partial charge in [-0.3, -0.25) is 9.59 Å². The highest BCUT2D eigenvalue weighted by Gasteiger charge is 2.20. The minimum atomic E-state index is -1.11. The Labute approximate surface area is 153 Å². The average Bonchev–Trinajstić information content (AvgIpc) is 2.99. The molecule has 0 fully saturated rings. The molecule has 3 rings (SSSR count). The number of fused-ring (bicyclic) bond motifs is 1. The first kappa shape index (κ1) is 18.6. The van der Waals surface area contributed by atoms with Gasteiger partial charge in [-0.15, -0.1) is 0 Å².